The molecule has 0 bridgehead atoms. The lowest BCUT2D eigenvalue weighted by molar-refractivity contribution is 0.0112. The number of methoxy groups -OCH3 is 2. The second-order valence-electron chi connectivity index (χ2n) is 6.70. The second kappa shape index (κ2) is 6.53. The van der Waals surface area contributed by atoms with Gasteiger partial charge in [0.15, 0.2) is 0 Å². The molecule has 136 valence electrons. The number of nitrogens with zero attached hydrogens (tertiary/aromatic N) is 2. The van der Waals surface area contributed by atoms with Crippen LogP contribution in [0.25, 0.3) is 11.0 Å². The number of aliphatic hydroxyl groups is 1. The average Bonchev–Trinajstić information content (AvgIpc) is 3.12. The van der Waals surface area contributed by atoms with Crippen LogP contribution in [0.4, 0.5) is 5.95 Å². The van der Waals surface area contributed by atoms with E-state index in [1.165, 1.54) is 0 Å². The van der Waals surface area contributed by atoms with Crippen LogP contribution in [0.15, 0.2) is 42.5 Å². The highest BCUT2D eigenvalue weighted by molar-refractivity contribution is 5.77. The van der Waals surface area contributed by atoms with Crippen molar-refractivity contribution in [2.45, 2.75) is 18.4 Å². The number of benzene rings is 2. The van der Waals surface area contributed by atoms with Crippen LogP contribution >= 0.6 is 0 Å². The van der Waals surface area contributed by atoms with E-state index in [9.17, 15) is 5.11 Å². The smallest absolute Gasteiger partial charge is 0.203 e. The Kier molecular flexibility index (Phi) is 4.20. The Hall–Kier alpha value is -2.73. The molecule has 1 aromatic heterocycles. The number of rotatable bonds is 4. The summed E-state index contributed by atoms with van der Waals surface area (Å²) < 4.78 is 10.7. The van der Waals surface area contributed by atoms with E-state index in [0.29, 0.717) is 24.3 Å². The van der Waals surface area contributed by atoms with Gasteiger partial charge in [-0.25, -0.2) is 4.98 Å². The molecule has 6 nitrogen and oxygen atoms in total. The number of aromatic amines is 1. The van der Waals surface area contributed by atoms with Crippen molar-refractivity contribution >= 4 is 17.0 Å². The molecule has 1 fully saturated rings. The quantitative estimate of drug-likeness (QED) is 0.754. The summed E-state index contributed by atoms with van der Waals surface area (Å²) in [7, 11) is 3.24. The maximum Gasteiger partial charge on any atom is 0.203 e. The van der Waals surface area contributed by atoms with Crippen LogP contribution in [0, 0.1) is 0 Å². The lowest BCUT2D eigenvalue weighted by Gasteiger charge is -2.38. The van der Waals surface area contributed by atoms with E-state index in [0.717, 1.165) is 35.6 Å². The zero-order valence-electron chi connectivity index (χ0n) is 15.0. The van der Waals surface area contributed by atoms with Crippen LogP contribution in [-0.4, -0.2) is 42.4 Å². The van der Waals surface area contributed by atoms with Gasteiger partial charge in [-0.3, -0.25) is 0 Å². The van der Waals surface area contributed by atoms with Crippen LogP contribution in [0.1, 0.15) is 18.4 Å². The van der Waals surface area contributed by atoms with Crippen molar-refractivity contribution in [2.24, 2.45) is 0 Å². The maximum absolute atomic E-state index is 11.2. The molecule has 26 heavy (non-hydrogen) atoms. The molecule has 1 aliphatic rings. The Morgan fingerprint density at radius 1 is 1.04 bits per heavy atom. The molecular formula is C20H23N3O3. The summed E-state index contributed by atoms with van der Waals surface area (Å²) in [6.07, 6.45) is 1.22. The molecule has 0 atom stereocenters. The van der Waals surface area contributed by atoms with Crippen molar-refractivity contribution in [1.82, 2.24) is 9.97 Å². The number of piperidine rings is 1. The first-order valence-electron chi connectivity index (χ1n) is 8.77. The largest absolute Gasteiger partial charge is 0.497 e. The van der Waals surface area contributed by atoms with Crippen molar-refractivity contribution in [2.75, 3.05) is 32.2 Å². The summed E-state index contributed by atoms with van der Waals surface area (Å²) in [5.41, 5.74) is 1.92. The minimum atomic E-state index is -0.898. The average molecular weight is 353 g/mol. The van der Waals surface area contributed by atoms with Crippen molar-refractivity contribution in [1.29, 1.82) is 0 Å². The van der Waals surface area contributed by atoms with E-state index < -0.39 is 5.60 Å². The zero-order chi connectivity index (χ0) is 18.1. The normalized spacial score (nSPS) is 16.7. The van der Waals surface area contributed by atoms with Gasteiger partial charge in [0.1, 0.15) is 11.5 Å². The minimum absolute atomic E-state index is 0.611. The third-order valence-corrected chi connectivity index (χ3v) is 5.16. The lowest BCUT2D eigenvalue weighted by atomic mass is 9.84. The van der Waals surface area contributed by atoms with Gasteiger partial charge in [-0.1, -0.05) is 12.1 Å². The standard InChI is InChI=1S/C20H23N3O3/c1-25-15-11-14(12-16(13-15)26-2)20(24)7-9-23(10-8-20)19-21-17-5-3-4-6-18(17)22-19/h3-6,11-13,24H,7-10H2,1-2H3,(H,21,22). The SMILES string of the molecule is COc1cc(OC)cc(C2(O)CCN(c3nc4ccccc4[nH]3)CC2)c1. The number of fused-ring (bicyclic) bond motifs is 1. The van der Waals surface area contributed by atoms with Gasteiger partial charge in [0.25, 0.3) is 0 Å². The maximum atomic E-state index is 11.2. The van der Waals surface area contributed by atoms with Crippen LogP contribution < -0.4 is 14.4 Å². The fourth-order valence-corrected chi connectivity index (χ4v) is 3.54. The van der Waals surface area contributed by atoms with Crippen molar-refractivity contribution in [3.8, 4) is 11.5 Å². The van der Waals surface area contributed by atoms with Crippen molar-refractivity contribution in [3.05, 3.63) is 48.0 Å². The highest BCUT2D eigenvalue weighted by Gasteiger charge is 2.35. The summed E-state index contributed by atoms with van der Waals surface area (Å²) >= 11 is 0. The zero-order valence-corrected chi connectivity index (χ0v) is 15.0. The first-order chi connectivity index (χ1) is 12.6. The minimum Gasteiger partial charge on any atom is -0.497 e. The molecule has 0 aliphatic carbocycles. The molecular weight excluding hydrogens is 330 g/mol. The fraction of sp³-hybridized carbons (Fsp3) is 0.350. The van der Waals surface area contributed by atoms with Crippen LogP contribution in [0.3, 0.4) is 0 Å². The Labute approximate surface area is 152 Å². The van der Waals surface area contributed by atoms with Crippen LogP contribution in [0.2, 0.25) is 0 Å². The highest BCUT2D eigenvalue weighted by atomic mass is 16.5. The molecule has 2 heterocycles. The van der Waals surface area contributed by atoms with Gasteiger partial charge in [-0.2, -0.15) is 0 Å². The van der Waals surface area contributed by atoms with Gasteiger partial charge in [-0.15, -0.1) is 0 Å². The van der Waals surface area contributed by atoms with E-state index >= 15 is 0 Å². The van der Waals surface area contributed by atoms with Crippen LogP contribution in [-0.2, 0) is 5.60 Å². The third-order valence-electron chi connectivity index (χ3n) is 5.16. The summed E-state index contributed by atoms with van der Waals surface area (Å²) in [4.78, 5) is 10.2. The van der Waals surface area contributed by atoms with Crippen LogP contribution in [0.5, 0.6) is 11.5 Å². The predicted molar refractivity (Wildman–Crippen MR) is 101 cm³/mol. The van der Waals surface area contributed by atoms with Crippen molar-refractivity contribution in [3.63, 3.8) is 0 Å². The number of aromatic nitrogens is 2. The monoisotopic (exact) mass is 353 g/mol. The van der Waals surface area contributed by atoms with E-state index in [4.69, 9.17) is 9.47 Å². The van der Waals surface area contributed by atoms with Gasteiger partial charge >= 0.3 is 0 Å². The van der Waals surface area contributed by atoms with Gasteiger partial charge < -0.3 is 24.5 Å². The molecule has 0 radical (unpaired) electrons. The van der Waals surface area contributed by atoms with Gasteiger partial charge in [0.05, 0.1) is 30.9 Å². The number of imidazole rings is 1. The lowest BCUT2D eigenvalue weighted by Crippen LogP contribution is -2.43. The van der Waals surface area contributed by atoms with Gasteiger partial charge in [0, 0.05) is 19.2 Å². The molecule has 4 rings (SSSR count). The molecule has 1 saturated heterocycles. The molecule has 1 aliphatic heterocycles. The number of nitrogens with one attached hydrogen (secondary N) is 1. The highest BCUT2D eigenvalue weighted by Crippen LogP contribution is 2.37. The topological polar surface area (TPSA) is 70.6 Å². The van der Waals surface area contributed by atoms with Gasteiger partial charge in [-0.05, 0) is 42.7 Å². The summed E-state index contributed by atoms with van der Waals surface area (Å²) in [6, 6.07) is 13.6. The molecule has 0 spiro atoms. The fourth-order valence-electron chi connectivity index (χ4n) is 3.54. The number of hydrogen-bond acceptors (Lipinski definition) is 5. The Bertz CT molecular complexity index is 858. The predicted octanol–water partition coefficient (Wildman–Crippen LogP) is 3.07. The number of hydrogen-bond donors (Lipinski definition) is 2. The molecule has 2 N–H and O–H groups in total. The number of para-hydroxylation sites is 2. The molecule has 6 heteroatoms. The van der Waals surface area contributed by atoms with E-state index in [1.54, 1.807) is 14.2 Å². The molecule has 0 amide bonds. The van der Waals surface area contributed by atoms with E-state index in [1.807, 2.05) is 42.5 Å². The summed E-state index contributed by atoms with van der Waals surface area (Å²) in [6.45, 7) is 1.44. The molecule has 2 aromatic carbocycles. The second-order valence-corrected chi connectivity index (χ2v) is 6.70. The first-order valence-corrected chi connectivity index (χ1v) is 8.77. The summed E-state index contributed by atoms with van der Waals surface area (Å²) in [5, 5.41) is 11.2. The van der Waals surface area contributed by atoms with E-state index in [2.05, 4.69) is 14.9 Å². The van der Waals surface area contributed by atoms with Gasteiger partial charge in [0.2, 0.25) is 5.95 Å². The van der Waals surface area contributed by atoms with Crippen molar-refractivity contribution < 1.29 is 14.6 Å². The third kappa shape index (κ3) is 2.97. The number of H-pyrrole nitrogens is 1. The number of ether oxygens (including phenoxy) is 2. The summed E-state index contributed by atoms with van der Waals surface area (Å²) in [5.74, 6) is 2.23. The Balaban J connectivity index is 1.55. The Morgan fingerprint density at radius 3 is 2.31 bits per heavy atom. The molecule has 0 unspecified atom stereocenters. The molecule has 0 saturated carbocycles. The van der Waals surface area contributed by atoms with E-state index in [-0.39, 0.29) is 0 Å². The Morgan fingerprint density at radius 2 is 1.69 bits per heavy atom. The first kappa shape index (κ1) is 16.7. The molecule has 3 aromatic rings. The number of anilines is 1.